The SMILES string of the molecule is CC(NC(=O)NCCCn1ccc2ccccc21)c1ccc(Cl)s1. The molecule has 1 aromatic carbocycles. The van der Waals surface area contributed by atoms with Crippen molar-refractivity contribution in [2.75, 3.05) is 6.54 Å². The molecule has 0 aliphatic carbocycles. The summed E-state index contributed by atoms with van der Waals surface area (Å²) < 4.78 is 2.95. The lowest BCUT2D eigenvalue weighted by molar-refractivity contribution is 0.238. The van der Waals surface area contributed by atoms with E-state index in [2.05, 4.69) is 39.6 Å². The van der Waals surface area contributed by atoms with Crippen molar-refractivity contribution in [3.8, 4) is 0 Å². The third-order valence-corrected chi connectivity index (χ3v) is 5.32. The molecule has 0 spiro atoms. The average molecular weight is 362 g/mol. The number of aryl methyl sites for hydroxylation is 1. The molecule has 2 aromatic heterocycles. The lowest BCUT2D eigenvalue weighted by Crippen LogP contribution is -2.37. The summed E-state index contributed by atoms with van der Waals surface area (Å²) in [7, 11) is 0. The Hall–Kier alpha value is -1.98. The molecular weight excluding hydrogens is 342 g/mol. The highest BCUT2D eigenvalue weighted by Gasteiger charge is 2.11. The Kier molecular flexibility index (Phi) is 5.43. The maximum atomic E-state index is 11.9. The highest BCUT2D eigenvalue weighted by atomic mass is 35.5. The molecule has 0 saturated heterocycles. The van der Waals surface area contributed by atoms with Gasteiger partial charge in [0.15, 0.2) is 0 Å². The van der Waals surface area contributed by atoms with E-state index in [1.54, 1.807) is 0 Å². The summed E-state index contributed by atoms with van der Waals surface area (Å²) in [6, 6.07) is 14.0. The number of aromatic nitrogens is 1. The zero-order chi connectivity index (χ0) is 16.9. The first-order valence-electron chi connectivity index (χ1n) is 7.97. The smallest absolute Gasteiger partial charge is 0.315 e. The van der Waals surface area contributed by atoms with E-state index in [0.717, 1.165) is 22.2 Å². The van der Waals surface area contributed by atoms with Crippen LogP contribution in [0.4, 0.5) is 4.79 Å². The number of thiophene rings is 1. The van der Waals surface area contributed by atoms with E-state index in [1.807, 2.05) is 31.2 Å². The maximum absolute atomic E-state index is 11.9. The lowest BCUT2D eigenvalue weighted by Gasteiger charge is -2.13. The van der Waals surface area contributed by atoms with E-state index in [1.165, 1.54) is 22.2 Å². The first-order chi connectivity index (χ1) is 11.6. The number of hydrogen-bond acceptors (Lipinski definition) is 2. The van der Waals surface area contributed by atoms with Gasteiger partial charge in [0.2, 0.25) is 0 Å². The molecule has 3 aromatic rings. The van der Waals surface area contributed by atoms with Crippen LogP contribution in [0.3, 0.4) is 0 Å². The van der Waals surface area contributed by atoms with Gasteiger partial charge in [-0.25, -0.2) is 4.79 Å². The molecule has 0 saturated carbocycles. The number of rotatable bonds is 6. The lowest BCUT2D eigenvalue weighted by atomic mass is 10.2. The number of carbonyl (C=O) groups is 1. The predicted molar refractivity (Wildman–Crippen MR) is 101 cm³/mol. The van der Waals surface area contributed by atoms with Crippen LogP contribution >= 0.6 is 22.9 Å². The van der Waals surface area contributed by atoms with Crippen LogP contribution in [0.2, 0.25) is 4.34 Å². The fraction of sp³-hybridized carbons (Fsp3) is 0.278. The Morgan fingerprint density at radius 2 is 2.08 bits per heavy atom. The van der Waals surface area contributed by atoms with Gasteiger partial charge in [-0.1, -0.05) is 29.8 Å². The molecule has 2 N–H and O–H groups in total. The van der Waals surface area contributed by atoms with Crippen molar-refractivity contribution < 1.29 is 4.79 Å². The molecule has 2 heterocycles. The van der Waals surface area contributed by atoms with Crippen molar-refractivity contribution in [2.24, 2.45) is 0 Å². The van der Waals surface area contributed by atoms with Gasteiger partial charge in [-0.2, -0.15) is 0 Å². The summed E-state index contributed by atoms with van der Waals surface area (Å²) in [6.07, 6.45) is 2.97. The molecule has 6 heteroatoms. The summed E-state index contributed by atoms with van der Waals surface area (Å²) in [4.78, 5) is 13.0. The van der Waals surface area contributed by atoms with E-state index >= 15 is 0 Å². The van der Waals surface area contributed by atoms with Gasteiger partial charge in [0.1, 0.15) is 0 Å². The van der Waals surface area contributed by atoms with Crippen molar-refractivity contribution in [3.05, 3.63) is 57.9 Å². The molecule has 4 nitrogen and oxygen atoms in total. The van der Waals surface area contributed by atoms with Gasteiger partial charge in [-0.15, -0.1) is 11.3 Å². The minimum absolute atomic E-state index is 0.0455. The number of para-hydroxylation sites is 1. The summed E-state index contributed by atoms with van der Waals surface area (Å²) in [5, 5.41) is 7.08. The van der Waals surface area contributed by atoms with Crippen LogP contribution in [0, 0.1) is 0 Å². The van der Waals surface area contributed by atoms with Crippen molar-refractivity contribution in [1.29, 1.82) is 0 Å². The maximum Gasteiger partial charge on any atom is 0.315 e. The molecule has 3 rings (SSSR count). The standard InChI is InChI=1S/C18H20ClN3OS/c1-13(16-7-8-17(19)24-16)21-18(23)20-10-4-11-22-12-9-14-5-2-3-6-15(14)22/h2-3,5-9,12-13H,4,10-11H2,1H3,(H2,20,21,23). The number of nitrogens with zero attached hydrogens (tertiary/aromatic N) is 1. The van der Waals surface area contributed by atoms with Gasteiger partial charge in [0, 0.05) is 29.7 Å². The van der Waals surface area contributed by atoms with Crippen LogP contribution in [-0.4, -0.2) is 17.1 Å². The van der Waals surface area contributed by atoms with E-state index in [4.69, 9.17) is 11.6 Å². The number of carbonyl (C=O) groups excluding carboxylic acids is 1. The average Bonchev–Trinajstić information content (AvgIpc) is 3.18. The van der Waals surface area contributed by atoms with E-state index < -0.39 is 0 Å². The molecule has 24 heavy (non-hydrogen) atoms. The van der Waals surface area contributed by atoms with Gasteiger partial charge in [-0.3, -0.25) is 0 Å². The first kappa shape index (κ1) is 16.9. The van der Waals surface area contributed by atoms with Crippen LogP contribution in [0.5, 0.6) is 0 Å². The van der Waals surface area contributed by atoms with Crippen molar-refractivity contribution in [1.82, 2.24) is 15.2 Å². The molecular formula is C18H20ClN3OS. The zero-order valence-electron chi connectivity index (χ0n) is 13.5. The molecule has 0 aliphatic heterocycles. The molecule has 1 unspecified atom stereocenters. The highest BCUT2D eigenvalue weighted by molar-refractivity contribution is 7.16. The largest absolute Gasteiger partial charge is 0.347 e. The number of benzene rings is 1. The van der Waals surface area contributed by atoms with Gasteiger partial charge in [-0.05, 0) is 43.0 Å². The normalized spacial score (nSPS) is 12.2. The molecule has 2 amide bonds. The second kappa shape index (κ2) is 7.73. The van der Waals surface area contributed by atoms with Crippen molar-refractivity contribution in [3.63, 3.8) is 0 Å². The third kappa shape index (κ3) is 4.10. The van der Waals surface area contributed by atoms with Gasteiger partial charge >= 0.3 is 6.03 Å². The zero-order valence-corrected chi connectivity index (χ0v) is 15.0. The Bertz CT molecular complexity index is 826. The number of hydrogen-bond donors (Lipinski definition) is 2. The summed E-state index contributed by atoms with van der Waals surface area (Å²) in [5.41, 5.74) is 1.23. The van der Waals surface area contributed by atoms with Crippen molar-refractivity contribution in [2.45, 2.75) is 25.9 Å². The Labute approximate surface area is 150 Å². The van der Waals surface area contributed by atoms with Crippen LogP contribution < -0.4 is 10.6 Å². The fourth-order valence-electron chi connectivity index (χ4n) is 2.67. The van der Waals surface area contributed by atoms with E-state index in [0.29, 0.717) is 6.54 Å². The second-order valence-corrected chi connectivity index (χ2v) is 7.43. The molecule has 0 bridgehead atoms. The molecule has 1 atom stereocenters. The summed E-state index contributed by atoms with van der Waals surface area (Å²) in [5.74, 6) is 0. The third-order valence-electron chi connectivity index (χ3n) is 3.91. The molecule has 0 fully saturated rings. The predicted octanol–water partition coefficient (Wildman–Crippen LogP) is 4.81. The Morgan fingerprint density at radius 3 is 2.88 bits per heavy atom. The Balaban J connectivity index is 1.42. The number of amides is 2. The molecule has 126 valence electrons. The minimum Gasteiger partial charge on any atom is -0.347 e. The fourth-order valence-corrected chi connectivity index (χ4v) is 3.73. The number of halogens is 1. The van der Waals surface area contributed by atoms with Gasteiger partial charge < -0.3 is 15.2 Å². The number of nitrogens with one attached hydrogen (secondary N) is 2. The monoisotopic (exact) mass is 361 g/mol. The highest BCUT2D eigenvalue weighted by Crippen LogP contribution is 2.26. The van der Waals surface area contributed by atoms with Crippen molar-refractivity contribution >= 4 is 39.9 Å². The molecule has 0 aliphatic rings. The van der Waals surface area contributed by atoms with Crippen LogP contribution in [0.15, 0.2) is 48.7 Å². The van der Waals surface area contributed by atoms with E-state index in [9.17, 15) is 4.79 Å². The van der Waals surface area contributed by atoms with Gasteiger partial charge in [0.05, 0.1) is 10.4 Å². The second-order valence-electron chi connectivity index (χ2n) is 5.69. The first-order valence-corrected chi connectivity index (χ1v) is 9.16. The van der Waals surface area contributed by atoms with Crippen LogP contribution in [0.1, 0.15) is 24.3 Å². The van der Waals surface area contributed by atoms with Crippen LogP contribution in [0.25, 0.3) is 10.9 Å². The number of fused-ring (bicyclic) bond motifs is 1. The van der Waals surface area contributed by atoms with E-state index in [-0.39, 0.29) is 12.1 Å². The summed E-state index contributed by atoms with van der Waals surface area (Å²) >= 11 is 7.41. The molecule has 0 radical (unpaired) electrons. The van der Waals surface area contributed by atoms with Crippen LogP contribution in [-0.2, 0) is 6.54 Å². The topological polar surface area (TPSA) is 46.1 Å². The van der Waals surface area contributed by atoms with Gasteiger partial charge in [0.25, 0.3) is 0 Å². The summed E-state index contributed by atoms with van der Waals surface area (Å²) in [6.45, 7) is 3.47. The quantitative estimate of drug-likeness (QED) is 0.608. The minimum atomic E-state index is -0.149. The Morgan fingerprint density at radius 1 is 1.25 bits per heavy atom. The number of urea groups is 1.